The summed E-state index contributed by atoms with van der Waals surface area (Å²) in [5.41, 5.74) is 1.95. The summed E-state index contributed by atoms with van der Waals surface area (Å²) in [6.45, 7) is 1.25. The molecule has 2 fully saturated rings. The summed E-state index contributed by atoms with van der Waals surface area (Å²) < 4.78 is 4.73. The van der Waals surface area contributed by atoms with Crippen LogP contribution in [0.1, 0.15) is 54.1 Å². The van der Waals surface area contributed by atoms with Gasteiger partial charge >= 0.3 is 5.97 Å². The maximum atomic E-state index is 11.6. The van der Waals surface area contributed by atoms with Crippen LogP contribution in [-0.2, 0) is 4.18 Å². The fourth-order valence-corrected chi connectivity index (χ4v) is 5.29. The lowest BCUT2D eigenvalue weighted by molar-refractivity contribution is 0.0768. The summed E-state index contributed by atoms with van der Waals surface area (Å²) >= 11 is 2.27. The number of benzene rings is 2. The SMILES string of the molecule is NSOC(=O)c1ccc(Sc2ccc([C@@H]3CCC[C@@H]4CCCN43)cc2)cc1. The Kier molecular flexibility index (Phi) is 6.08. The molecule has 4 nitrogen and oxygen atoms in total. The standard InChI is InChI=1S/C21H24N2O2S2/c22-27-25-21(24)16-8-12-19(13-9-16)26-18-10-6-15(7-11-18)20-5-1-3-17-4-2-14-23(17)20/h6-13,17,20H,1-5,14,22H2/t17-,20+/m1/s1. The number of hydrogen-bond donors (Lipinski definition) is 1. The topological polar surface area (TPSA) is 55.6 Å². The second kappa shape index (κ2) is 8.69. The van der Waals surface area contributed by atoms with E-state index < -0.39 is 5.97 Å². The van der Waals surface area contributed by atoms with Crippen LogP contribution in [0.3, 0.4) is 0 Å². The second-order valence-electron chi connectivity index (χ2n) is 7.14. The van der Waals surface area contributed by atoms with E-state index in [0.29, 0.717) is 23.8 Å². The first kappa shape index (κ1) is 18.9. The van der Waals surface area contributed by atoms with E-state index in [1.165, 1.54) is 49.1 Å². The lowest BCUT2D eigenvalue weighted by atomic mass is 9.92. The molecule has 6 heteroatoms. The molecule has 0 saturated carbocycles. The molecule has 0 bridgehead atoms. The third kappa shape index (κ3) is 4.35. The summed E-state index contributed by atoms with van der Waals surface area (Å²) in [6, 6.07) is 17.8. The summed E-state index contributed by atoms with van der Waals surface area (Å²) in [5, 5.41) is 5.16. The molecule has 0 aromatic heterocycles. The molecule has 2 aromatic rings. The van der Waals surface area contributed by atoms with E-state index in [-0.39, 0.29) is 0 Å². The van der Waals surface area contributed by atoms with Crippen molar-refractivity contribution in [1.82, 2.24) is 4.90 Å². The lowest BCUT2D eigenvalue weighted by Crippen LogP contribution is -2.37. The van der Waals surface area contributed by atoms with Gasteiger partial charge in [-0.25, -0.2) is 9.93 Å². The van der Waals surface area contributed by atoms with Gasteiger partial charge in [-0.3, -0.25) is 4.90 Å². The van der Waals surface area contributed by atoms with Crippen molar-refractivity contribution in [1.29, 1.82) is 0 Å². The average molecular weight is 401 g/mol. The molecule has 2 aromatic carbocycles. The maximum absolute atomic E-state index is 11.6. The van der Waals surface area contributed by atoms with Gasteiger partial charge in [-0.05, 0) is 80.6 Å². The first-order chi connectivity index (χ1) is 13.2. The van der Waals surface area contributed by atoms with E-state index in [0.717, 1.165) is 10.9 Å². The quantitative estimate of drug-likeness (QED) is 0.549. The van der Waals surface area contributed by atoms with Gasteiger partial charge in [-0.15, -0.1) is 0 Å². The number of carbonyl (C=O) groups excluding carboxylic acids is 1. The van der Waals surface area contributed by atoms with Crippen molar-refractivity contribution in [2.45, 2.75) is 54.0 Å². The summed E-state index contributed by atoms with van der Waals surface area (Å²) in [6.07, 6.45) is 6.72. The van der Waals surface area contributed by atoms with Crippen molar-refractivity contribution < 1.29 is 8.98 Å². The van der Waals surface area contributed by atoms with E-state index in [4.69, 9.17) is 9.32 Å². The Balaban J connectivity index is 1.41. The van der Waals surface area contributed by atoms with Gasteiger partial charge in [0.05, 0.1) is 5.56 Å². The van der Waals surface area contributed by atoms with Crippen molar-refractivity contribution >= 4 is 30.0 Å². The van der Waals surface area contributed by atoms with Crippen LogP contribution in [0.4, 0.5) is 0 Å². The van der Waals surface area contributed by atoms with Crippen LogP contribution in [0.15, 0.2) is 58.3 Å². The van der Waals surface area contributed by atoms with Gasteiger partial charge in [-0.2, -0.15) is 0 Å². The fourth-order valence-electron chi connectivity index (χ4n) is 4.29. The molecule has 0 amide bonds. The van der Waals surface area contributed by atoms with Crippen LogP contribution in [0.2, 0.25) is 0 Å². The molecule has 2 heterocycles. The van der Waals surface area contributed by atoms with Gasteiger partial charge in [-0.1, -0.05) is 23.9 Å². The molecule has 2 aliphatic rings. The Morgan fingerprint density at radius 1 is 0.963 bits per heavy atom. The molecule has 0 aliphatic carbocycles. The zero-order valence-corrected chi connectivity index (χ0v) is 16.8. The highest BCUT2D eigenvalue weighted by molar-refractivity contribution is 7.99. The number of rotatable bonds is 5. The van der Waals surface area contributed by atoms with Crippen molar-refractivity contribution in [2.24, 2.45) is 5.14 Å². The minimum atomic E-state index is -0.420. The molecule has 0 spiro atoms. The third-order valence-electron chi connectivity index (χ3n) is 5.55. The average Bonchev–Trinajstić information content (AvgIpc) is 3.18. The van der Waals surface area contributed by atoms with Crippen molar-refractivity contribution in [3.05, 3.63) is 59.7 Å². The fraction of sp³-hybridized carbons (Fsp3) is 0.381. The Hall–Kier alpha value is -1.47. The molecule has 142 valence electrons. The van der Waals surface area contributed by atoms with Gasteiger partial charge < -0.3 is 4.18 Å². The number of hydrogen-bond acceptors (Lipinski definition) is 6. The van der Waals surface area contributed by atoms with Crippen LogP contribution >= 0.6 is 24.0 Å². The highest BCUT2D eigenvalue weighted by Gasteiger charge is 2.34. The zero-order chi connectivity index (χ0) is 18.6. The Morgan fingerprint density at radius 2 is 1.63 bits per heavy atom. The predicted molar refractivity (Wildman–Crippen MR) is 111 cm³/mol. The summed E-state index contributed by atoms with van der Waals surface area (Å²) in [5.74, 6) is -0.420. The number of fused-ring (bicyclic) bond motifs is 1. The minimum Gasteiger partial charge on any atom is -0.371 e. The van der Waals surface area contributed by atoms with Crippen LogP contribution in [0, 0.1) is 0 Å². The molecular weight excluding hydrogens is 376 g/mol. The molecule has 4 rings (SSSR count). The largest absolute Gasteiger partial charge is 0.371 e. The molecular formula is C21H24N2O2S2. The minimum absolute atomic E-state index is 0.420. The Labute approximate surface area is 169 Å². The van der Waals surface area contributed by atoms with Gasteiger partial charge in [0, 0.05) is 21.9 Å². The van der Waals surface area contributed by atoms with Crippen LogP contribution in [0.5, 0.6) is 0 Å². The Bertz CT molecular complexity index is 780. The number of nitrogens with zero attached hydrogens (tertiary/aromatic N) is 1. The normalized spacial score (nSPS) is 22.4. The van der Waals surface area contributed by atoms with E-state index in [1.807, 2.05) is 12.1 Å². The number of carbonyl (C=O) groups is 1. The van der Waals surface area contributed by atoms with Gasteiger partial charge in [0.25, 0.3) is 0 Å². The second-order valence-corrected chi connectivity index (χ2v) is 8.65. The van der Waals surface area contributed by atoms with E-state index in [2.05, 4.69) is 29.2 Å². The number of nitrogens with two attached hydrogens (primary N) is 1. The molecule has 0 unspecified atom stereocenters. The van der Waals surface area contributed by atoms with E-state index in [1.54, 1.807) is 23.9 Å². The van der Waals surface area contributed by atoms with Gasteiger partial charge in [0.15, 0.2) is 0 Å². The lowest BCUT2D eigenvalue weighted by Gasteiger charge is -2.38. The van der Waals surface area contributed by atoms with E-state index in [9.17, 15) is 4.79 Å². The smallest absolute Gasteiger partial charge is 0.351 e. The molecule has 2 saturated heterocycles. The summed E-state index contributed by atoms with van der Waals surface area (Å²) in [4.78, 5) is 16.7. The molecule has 2 aliphatic heterocycles. The van der Waals surface area contributed by atoms with Crippen molar-refractivity contribution in [3.8, 4) is 0 Å². The first-order valence-electron chi connectivity index (χ1n) is 9.46. The molecule has 0 radical (unpaired) electrons. The molecule has 27 heavy (non-hydrogen) atoms. The Morgan fingerprint density at radius 3 is 2.33 bits per heavy atom. The number of piperidine rings is 1. The summed E-state index contributed by atoms with van der Waals surface area (Å²) in [7, 11) is 0. The predicted octanol–water partition coefficient (Wildman–Crippen LogP) is 5.21. The van der Waals surface area contributed by atoms with Crippen LogP contribution in [-0.4, -0.2) is 23.5 Å². The monoisotopic (exact) mass is 400 g/mol. The van der Waals surface area contributed by atoms with Gasteiger partial charge in [0.1, 0.15) is 12.2 Å². The van der Waals surface area contributed by atoms with Crippen molar-refractivity contribution in [3.63, 3.8) is 0 Å². The first-order valence-corrected chi connectivity index (χ1v) is 11.1. The highest BCUT2D eigenvalue weighted by atomic mass is 32.2. The maximum Gasteiger partial charge on any atom is 0.351 e. The highest BCUT2D eigenvalue weighted by Crippen LogP contribution is 2.40. The molecule has 2 atom stereocenters. The molecule has 2 N–H and O–H groups in total. The third-order valence-corrected chi connectivity index (χ3v) is 6.82. The van der Waals surface area contributed by atoms with Crippen molar-refractivity contribution in [2.75, 3.05) is 6.54 Å². The van der Waals surface area contributed by atoms with Crippen LogP contribution < -0.4 is 5.14 Å². The van der Waals surface area contributed by atoms with Crippen LogP contribution in [0.25, 0.3) is 0 Å². The van der Waals surface area contributed by atoms with Gasteiger partial charge in [0.2, 0.25) is 0 Å². The zero-order valence-electron chi connectivity index (χ0n) is 15.2. The van der Waals surface area contributed by atoms with E-state index >= 15 is 0 Å².